The van der Waals surface area contributed by atoms with Gasteiger partial charge in [-0.3, -0.25) is 0 Å². The zero-order chi connectivity index (χ0) is 14.5. The predicted molar refractivity (Wildman–Crippen MR) is 77.5 cm³/mol. The predicted octanol–water partition coefficient (Wildman–Crippen LogP) is 1.83. The van der Waals surface area contributed by atoms with Gasteiger partial charge in [-0.2, -0.15) is 4.98 Å². The summed E-state index contributed by atoms with van der Waals surface area (Å²) in [4.78, 5) is 4.48. The van der Waals surface area contributed by atoms with E-state index in [4.69, 9.17) is 14.0 Å². The third-order valence-electron chi connectivity index (χ3n) is 3.52. The maximum atomic E-state index is 5.41. The van der Waals surface area contributed by atoms with E-state index in [1.165, 1.54) is 5.56 Å². The summed E-state index contributed by atoms with van der Waals surface area (Å²) in [6.07, 6.45) is 0.648. The van der Waals surface area contributed by atoms with Gasteiger partial charge in [0.25, 0.3) is 0 Å². The second kappa shape index (κ2) is 6.69. The van der Waals surface area contributed by atoms with Crippen molar-refractivity contribution >= 4 is 5.69 Å². The summed E-state index contributed by atoms with van der Waals surface area (Å²) in [5.41, 5.74) is 2.36. The average molecular weight is 289 g/mol. The Balaban J connectivity index is 1.58. The van der Waals surface area contributed by atoms with Crippen molar-refractivity contribution in [3.05, 3.63) is 41.5 Å². The van der Waals surface area contributed by atoms with Gasteiger partial charge >= 0.3 is 0 Å². The van der Waals surface area contributed by atoms with Crippen LogP contribution in [0.2, 0.25) is 0 Å². The molecule has 0 saturated carbocycles. The minimum absolute atomic E-state index is 0.136. The lowest BCUT2D eigenvalue weighted by atomic mass is 10.0. The fourth-order valence-electron chi connectivity index (χ4n) is 2.42. The average Bonchev–Trinajstić information content (AvgIpc) is 3.13. The molecule has 0 spiro atoms. The van der Waals surface area contributed by atoms with Crippen molar-refractivity contribution in [3.63, 3.8) is 0 Å². The molecule has 1 unspecified atom stereocenters. The lowest BCUT2D eigenvalue weighted by molar-refractivity contribution is 0.0714. The van der Waals surface area contributed by atoms with Gasteiger partial charge in [-0.05, 0) is 11.6 Å². The highest BCUT2D eigenvalue weighted by Crippen LogP contribution is 2.34. The molecule has 2 heterocycles. The third kappa shape index (κ3) is 3.22. The Morgan fingerprint density at radius 1 is 1.29 bits per heavy atom. The van der Waals surface area contributed by atoms with Crippen LogP contribution in [0.25, 0.3) is 0 Å². The Morgan fingerprint density at radius 2 is 2.19 bits per heavy atom. The second-order valence-electron chi connectivity index (χ2n) is 4.92. The maximum Gasteiger partial charge on any atom is 0.236 e. The number of hydrogen-bond donors (Lipinski definition) is 1. The molecule has 0 saturated heterocycles. The highest BCUT2D eigenvalue weighted by atomic mass is 16.5. The molecular formula is C15H19N3O3. The molecule has 0 fully saturated rings. The third-order valence-corrected chi connectivity index (χ3v) is 3.52. The monoisotopic (exact) mass is 289 g/mol. The van der Waals surface area contributed by atoms with Crippen LogP contribution >= 0.6 is 0 Å². The van der Waals surface area contributed by atoms with E-state index in [0.717, 1.165) is 12.2 Å². The first-order chi connectivity index (χ1) is 10.4. The van der Waals surface area contributed by atoms with Gasteiger partial charge in [0.05, 0.1) is 25.7 Å². The summed E-state index contributed by atoms with van der Waals surface area (Å²) in [6.45, 7) is 2.55. The van der Waals surface area contributed by atoms with Crippen molar-refractivity contribution in [2.45, 2.75) is 12.3 Å². The van der Waals surface area contributed by atoms with Gasteiger partial charge in [0.2, 0.25) is 5.89 Å². The van der Waals surface area contributed by atoms with Crippen molar-refractivity contribution in [2.24, 2.45) is 0 Å². The van der Waals surface area contributed by atoms with Gasteiger partial charge in [0.15, 0.2) is 5.82 Å². The first kappa shape index (κ1) is 14.0. The molecule has 3 rings (SSSR count). The lowest BCUT2D eigenvalue weighted by Crippen LogP contribution is -2.06. The molecule has 6 heteroatoms. The number of para-hydroxylation sites is 1. The normalized spacial score (nSPS) is 16.7. The Kier molecular flexibility index (Phi) is 4.47. The lowest BCUT2D eigenvalue weighted by Gasteiger charge is -2.03. The molecule has 1 aromatic heterocycles. The first-order valence-electron chi connectivity index (χ1n) is 7.10. The van der Waals surface area contributed by atoms with E-state index in [9.17, 15) is 0 Å². The molecule has 0 aliphatic carbocycles. The van der Waals surface area contributed by atoms with Crippen molar-refractivity contribution in [1.29, 1.82) is 0 Å². The van der Waals surface area contributed by atoms with Crippen molar-refractivity contribution in [3.8, 4) is 0 Å². The molecule has 1 N–H and O–H groups in total. The smallest absolute Gasteiger partial charge is 0.236 e. The Labute approximate surface area is 123 Å². The number of anilines is 1. The molecule has 1 aromatic carbocycles. The molecule has 0 bridgehead atoms. The van der Waals surface area contributed by atoms with Crippen LogP contribution in [0.1, 0.15) is 23.2 Å². The molecule has 112 valence electrons. The van der Waals surface area contributed by atoms with E-state index in [1.807, 2.05) is 12.1 Å². The molecule has 1 aliphatic heterocycles. The fourth-order valence-corrected chi connectivity index (χ4v) is 2.42. The summed E-state index contributed by atoms with van der Waals surface area (Å²) in [7, 11) is 1.66. The molecular weight excluding hydrogens is 270 g/mol. The van der Waals surface area contributed by atoms with Crippen LogP contribution in [0.15, 0.2) is 28.8 Å². The van der Waals surface area contributed by atoms with Gasteiger partial charge < -0.3 is 19.3 Å². The number of rotatable bonds is 7. The molecule has 1 atom stereocenters. The quantitative estimate of drug-likeness (QED) is 0.784. The standard InChI is InChI=1S/C15H19N3O3/c1-19-8-9-20-7-6-14-17-15(21-18-14)12-10-16-13-5-3-2-4-11(12)13/h2-5,12,16H,6-10H2,1H3. The second-order valence-corrected chi connectivity index (χ2v) is 4.92. The molecule has 1 aliphatic rings. The number of nitrogens with one attached hydrogen (secondary N) is 1. The van der Waals surface area contributed by atoms with Crippen LogP contribution in [0.5, 0.6) is 0 Å². The number of fused-ring (bicyclic) bond motifs is 1. The van der Waals surface area contributed by atoms with E-state index in [0.29, 0.717) is 38.0 Å². The van der Waals surface area contributed by atoms with Crippen LogP contribution in [0, 0.1) is 0 Å². The van der Waals surface area contributed by atoms with E-state index in [2.05, 4.69) is 27.6 Å². The molecule has 21 heavy (non-hydrogen) atoms. The Morgan fingerprint density at radius 3 is 3.10 bits per heavy atom. The van der Waals surface area contributed by atoms with Crippen LogP contribution in [0.4, 0.5) is 5.69 Å². The first-order valence-corrected chi connectivity index (χ1v) is 7.10. The summed E-state index contributed by atoms with van der Waals surface area (Å²) in [5.74, 6) is 1.49. The van der Waals surface area contributed by atoms with Crippen LogP contribution in [-0.4, -0.2) is 43.6 Å². The van der Waals surface area contributed by atoms with Gasteiger partial charge in [-0.25, -0.2) is 0 Å². The number of methoxy groups -OCH3 is 1. The van der Waals surface area contributed by atoms with E-state index >= 15 is 0 Å². The largest absolute Gasteiger partial charge is 0.384 e. The van der Waals surface area contributed by atoms with Gasteiger partial charge in [0.1, 0.15) is 0 Å². The number of ether oxygens (including phenoxy) is 2. The van der Waals surface area contributed by atoms with Crippen LogP contribution in [0.3, 0.4) is 0 Å². The summed E-state index contributed by atoms with van der Waals surface area (Å²) >= 11 is 0. The Hall–Kier alpha value is -1.92. The summed E-state index contributed by atoms with van der Waals surface area (Å²) < 4.78 is 15.7. The Bertz CT molecular complexity index is 585. The van der Waals surface area contributed by atoms with E-state index < -0.39 is 0 Å². The van der Waals surface area contributed by atoms with Gasteiger partial charge in [-0.15, -0.1) is 0 Å². The minimum atomic E-state index is 0.136. The van der Waals surface area contributed by atoms with E-state index in [-0.39, 0.29) is 5.92 Å². The SMILES string of the molecule is COCCOCCc1noc(C2CNc3ccccc32)n1. The molecule has 2 aromatic rings. The number of nitrogens with zero attached hydrogens (tertiary/aromatic N) is 2. The van der Waals surface area contributed by atoms with Gasteiger partial charge in [-0.1, -0.05) is 23.4 Å². The number of aromatic nitrogens is 2. The highest BCUT2D eigenvalue weighted by Gasteiger charge is 2.28. The summed E-state index contributed by atoms with van der Waals surface area (Å²) in [5, 5.41) is 7.38. The molecule has 0 radical (unpaired) electrons. The molecule has 6 nitrogen and oxygen atoms in total. The van der Waals surface area contributed by atoms with Crippen LogP contribution in [-0.2, 0) is 15.9 Å². The number of benzene rings is 1. The maximum absolute atomic E-state index is 5.41. The zero-order valence-electron chi connectivity index (χ0n) is 12.0. The van der Waals surface area contributed by atoms with Crippen molar-refractivity contribution in [1.82, 2.24) is 10.1 Å². The van der Waals surface area contributed by atoms with Gasteiger partial charge in [0, 0.05) is 25.8 Å². The topological polar surface area (TPSA) is 69.4 Å². The van der Waals surface area contributed by atoms with Crippen LogP contribution < -0.4 is 5.32 Å². The molecule has 0 amide bonds. The number of hydrogen-bond acceptors (Lipinski definition) is 6. The zero-order valence-corrected chi connectivity index (χ0v) is 12.0. The van der Waals surface area contributed by atoms with Crippen molar-refractivity contribution in [2.75, 3.05) is 38.8 Å². The minimum Gasteiger partial charge on any atom is -0.384 e. The van der Waals surface area contributed by atoms with Crippen molar-refractivity contribution < 1.29 is 14.0 Å². The summed E-state index contributed by atoms with van der Waals surface area (Å²) in [6, 6.07) is 8.21. The fraction of sp³-hybridized carbons (Fsp3) is 0.467. The van der Waals surface area contributed by atoms with E-state index in [1.54, 1.807) is 7.11 Å². The highest BCUT2D eigenvalue weighted by molar-refractivity contribution is 5.59.